The van der Waals surface area contributed by atoms with E-state index >= 15 is 0 Å². The fourth-order valence-corrected chi connectivity index (χ4v) is 1.78. The van der Waals surface area contributed by atoms with Crippen LogP contribution in [0.1, 0.15) is 28.7 Å². The summed E-state index contributed by atoms with van der Waals surface area (Å²) in [5, 5.41) is 11.7. The predicted molar refractivity (Wildman–Crippen MR) is 67.5 cm³/mol. The molecule has 0 saturated heterocycles. The van der Waals surface area contributed by atoms with Gasteiger partial charge in [0, 0.05) is 13.0 Å². The van der Waals surface area contributed by atoms with E-state index in [9.17, 15) is 0 Å². The molecular weight excluding hydrogens is 196 g/mol. The molecule has 1 aromatic rings. The number of benzene rings is 1. The quantitative estimate of drug-likeness (QED) is 0.768. The summed E-state index contributed by atoms with van der Waals surface area (Å²) in [6.45, 7) is 8.26. The van der Waals surface area contributed by atoms with Gasteiger partial charge in [-0.15, -0.1) is 0 Å². The molecule has 0 atom stereocenters. The number of rotatable bonds is 5. The molecule has 86 valence electrons. The van der Waals surface area contributed by atoms with Crippen LogP contribution in [-0.4, -0.2) is 13.1 Å². The first-order valence-corrected chi connectivity index (χ1v) is 5.80. The van der Waals surface area contributed by atoms with Crippen molar-refractivity contribution in [2.75, 3.05) is 13.1 Å². The highest BCUT2D eigenvalue weighted by molar-refractivity contribution is 5.38. The molecule has 0 amide bonds. The summed E-state index contributed by atoms with van der Waals surface area (Å²) < 4.78 is 0. The van der Waals surface area contributed by atoms with Crippen LogP contribution < -0.4 is 5.32 Å². The molecule has 0 aromatic heterocycles. The third kappa shape index (κ3) is 3.36. The van der Waals surface area contributed by atoms with Crippen LogP contribution in [0.5, 0.6) is 0 Å². The van der Waals surface area contributed by atoms with Gasteiger partial charge < -0.3 is 5.32 Å². The Bertz CT molecular complexity index is 388. The molecule has 0 aliphatic carbocycles. The average molecular weight is 216 g/mol. The molecule has 0 aliphatic rings. The van der Waals surface area contributed by atoms with Gasteiger partial charge in [-0.1, -0.05) is 12.1 Å². The molecule has 0 radical (unpaired) electrons. The number of hydrogen-bond acceptors (Lipinski definition) is 2. The van der Waals surface area contributed by atoms with Gasteiger partial charge in [0.15, 0.2) is 0 Å². The van der Waals surface area contributed by atoms with Gasteiger partial charge in [-0.2, -0.15) is 5.26 Å². The summed E-state index contributed by atoms with van der Waals surface area (Å²) in [5.41, 5.74) is 5.57. The Kier molecular flexibility index (Phi) is 5.01. The predicted octanol–water partition coefficient (Wildman–Crippen LogP) is 2.66. The second kappa shape index (κ2) is 6.30. The minimum atomic E-state index is 0.589. The van der Waals surface area contributed by atoms with Crippen molar-refractivity contribution >= 4 is 0 Å². The zero-order valence-electron chi connectivity index (χ0n) is 10.4. The Morgan fingerprint density at radius 2 is 1.88 bits per heavy atom. The molecule has 16 heavy (non-hydrogen) atoms. The molecule has 1 aromatic carbocycles. The van der Waals surface area contributed by atoms with Crippen LogP contribution in [0.2, 0.25) is 0 Å². The van der Waals surface area contributed by atoms with Gasteiger partial charge in [0.05, 0.1) is 6.07 Å². The van der Waals surface area contributed by atoms with Crippen molar-refractivity contribution < 1.29 is 0 Å². The molecule has 0 bridgehead atoms. The van der Waals surface area contributed by atoms with Crippen LogP contribution in [0, 0.1) is 32.1 Å². The van der Waals surface area contributed by atoms with Crippen molar-refractivity contribution in [1.29, 1.82) is 5.26 Å². The SMILES string of the molecule is Cc1ccc(CCNCCC#N)c(C)c1C. The van der Waals surface area contributed by atoms with E-state index in [0.29, 0.717) is 6.42 Å². The highest BCUT2D eigenvalue weighted by Gasteiger charge is 2.02. The van der Waals surface area contributed by atoms with E-state index in [2.05, 4.69) is 44.3 Å². The van der Waals surface area contributed by atoms with E-state index in [4.69, 9.17) is 5.26 Å². The van der Waals surface area contributed by atoms with Gasteiger partial charge in [-0.05, 0) is 56.0 Å². The summed E-state index contributed by atoms with van der Waals surface area (Å²) in [6, 6.07) is 6.53. The Morgan fingerprint density at radius 1 is 1.12 bits per heavy atom. The largest absolute Gasteiger partial charge is 0.315 e. The fourth-order valence-electron chi connectivity index (χ4n) is 1.78. The van der Waals surface area contributed by atoms with Crippen LogP contribution in [0.3, 0.4) is 0 Å². The smallest absolute Gasteiger partial charge is 0.0635 e. The van der Waals surface area contributed by atoms with Crippen LogP contribution in [-0.2, 0) is 6.42 Å². The monoisotopic (exact) mass is 216 g/mol. The number of nitrogens with zero attached hydrogens (tertiary/aromatic N) is 1. The summed E-state index contributed by atoms with van der Waals surface area (Å²) in [5.74, 6) is 0. The number of aryl methyl sites for hydroxylation is 1. The standard InChI is InChI=1S/C14H20N2/c1-11-5-6-14(13(3)12(11)2)7-10-16-9-4-8-15/h5-6,16H,4,7,9-10H2,1-3H3. The lowest BCUT2D eigenvalue weighted by atomic mass is 9.97. The Labute approximate surface area is 98.3 Å². The average Bonchev–Trinajstić information content (AvgIpc) is 2.28. The normalized spacial score (nSPS) is 10.1. The highest BCUT2D eigenvalue weighted by atomic mass is 14.8. The van der Waals surface area contributed by atoms with Crippen LogP contribution in [0.4, 0.5) is 0 Å². The van der Waals surface area contributed by atoms with E-state index < -0.39 is 0 Å². The Balaban J connectivity index is 2.49. The maximum Gasteiger partial charge on any atom is 0.0635 e. The molecule has 0 saturated carbocycles. The molecule has 1 N–H and O–H groups in total. The van der Waals surface area contributed by atoms with Crippen LogP contribution in [0.25, 0.3) is 0 Å². The summed E-state index contributed by atoms with van der Waals surface area (Å²) in [4.78, 5) is 0. The van der Waals surface area contributed by atoms with Crippen molar-refractivity contribution in [3.63, 3.8) is 0 Å². The third-order valence-corrected chi connectivity index (χ3v) is 3.15. The molecule has 0 fully saturated rings. The minimum absolute atomic E-state index is 0.589. The molecule has 0 spiro atoms. The first-order chi connectivity index (χ1) is 7.66. The van der Waals surface area contributed by atoms with Gasteiger partial charge in [0.25, 0.3) is 0 Å². The topological polar surface area (TPSA) is 35.8 Å². The van der Waals surface area contributed by atoms with Crippen molar-refractivity contribution in [1.82, 2.24) is 5.32 Å². The van der Waals surface area contributed by atoms with Crippen molar-refractivity contribution in [2.24, 2.45) is 0 Å². The number of nitrogens with one attached hydrogen (secondary N) is 1. The number of nitriles is 1. The zero-order chi connectivity index (χ0) is 12.0. The van der Waals surface area contributed by atoms with Gasteiger partial charge in [0.1, 0.15) is 0 Å². The molecule has 0 heterocycles. The molecule has 1 rings (SSSR count). The summed E-state index contributed by atoms with van der Waals surface area (Å²) in [7, 11) is 0. The zero-order valence-corrected chi connectivity index (χ0v) is 10.4. The third-order valence-electron chi connectivity index (χ3n) is 3.15. The fraction of sp³-hybridized carbons (Fsp3) is 0.500. The van der Waals surface area contributed by atoms with Crippen molar-refractivity contribution in [2.45, 2.75) is 33.6 Å². The highest BCUT2D eigenvalue weighted by Crippen LogP contribution is 2.17. The van der Waals surface area contributed by atoms with Crippen molar-refractivity contribution in [3.05, 3.63) is 34.4 Å². The van der Waals surface area contributed by atoms with E-state index in [1.807, 2.05) is 0 Å². The second-order valence-corrected chi connectivity index (χ2v) is 4.20. The minimum Gasteiger partial charge on any atom is -0.315 e. The lowest BCUT2D eigenvalue weighted by Gasteiger charge is -2.11. The van der Waals surface area contributed by atoms with Crippen LogP contribution in [0.15, 0.2) is 12.1 Å². The summed E-state index contributed by atoms with van der Waals surface area (Å²) >= 11 is 0. The first kappa shape index (κ1) is 12.7. The maximum absolute atomic E-state index is 8.40. The first-order valence-electron chi connectivity index (χ1n) is 5.80. The van der Waals surface area contributed by atoms with Gasteiger partial charge >= 0.3 is 0 Å². The van der Waals surface area contributed by atoms with Crippen LogP contribution >= 0.6 is 0 Å². The Hall–Kier alpha value is -1.33. The molecule has 2 heteroatoms. The van der Waals surface area contributed by atoms with Crippen molar-refractivity contribution in [3.8, 4) is 6.07 Å². The molecule has 2 nitrogen and oxygen atoms in total. The lowest BCUT2D eigenvalue weighted by Crippen LogP contribution is -2.18. The molecule has 0 aliphatic heterocycles. The van der Waals surface area contributed by atoms with E-state index in [-0.39, 0.29) is 0 Å². The Morgan fingerprint density at radius 3 is 2.56 bits per heavy atom. The van der Waals surface area contributed by atoms with Gasteiger partial charge in [0.2, 0.25) is 0 Å². The maximum atomic E-state index is 8.40. The molecular formula is C14H20N2. The van der Waals surface area contributed by atoms with E-state index in [1.165, 1.54) is 22.3 Å². The van der Waals surface area contributed by atoms with Gasteiger partial charge in [-0.3, -0.25) is 0 Å². The molecule has 0 unspecified atom stereocenters. The van der Waals surface area contributed by atoms with Gasteiger partial charge in [-0.25, -0.2) is 0 Å². The van der Waals surface area contributed by atoms with E-state index in [1.54, 1.807) is 0 Å². The number of hydrogen-bond donors (Lipinski definition) is 1. The van der Waals surface area contributed by atoms with E-state index in [0.717, 1.165) is 19.5 Å². The second-order valence-electron chi connectivity index (χ2n) is 4.20. The lowest BCUT2D eigenvalue weighted by molar-refractivity contribution is 0.690. The summed E-state index contributed by atoms with van der Waals surface area (Å²) in [6.07, 6.45) is 1.63.